The van der Waals surface area contributed by atoms with Crippen LogP contribution in [0, 0.1) is 5.82 Å². The largest absolute Gasteiger partial charge is 0.478 e. The van der Waals surface area contributed by atoms with E-state index in [0.29, 0.717) is 22.2 Å². The second-order valence-electron chi connectivity index (χ2n) is 4.76. The van der Waals surface area contributed by atoms with Gasteiger partial charge in [0.15, 0.2) is 0 Å². The standard InChI is InChI=1S/C15H15FN2O2S/c1-9(2)14-10(15(19)20)7-17-13(18-14)8-21-12-6-4-3-5-11(12)16/h3-7,9H,8H2,1-2H3,(H,19,20). The number of carboxylic acid groups (broad SMARTS) is 1. The minimum Gasteiger partial charge on any atom is -0.478 e. The van der Waals surface area contributed by atoms with Gasteiger partial charge >= 0.3 is 5.97 Å². The van der Waals surface area contributed by atoms with Crippen LogP contribution in [0.25, 0.3) is 0 Å². The monoisotopic (exact) mass is 306 g/mol. The lowest BCUT2D eigenvalue weighted by atomic mass is 10.1. The molecule has 0 aliphatic heterocycles. The molecule has 1 N–H and O–H groups in total. The molecule has 4 nitrogen and oxygen atoms in total. The summed E-state index contributed by atoms with van der Waals surface area (Å²) in [5.41, 5.74) is 0.617. The molecule has 0 saturated carbocycles. The Hall–Kier alpha value is -1.95. The molecule has 0 spiro atoms. The third kappa shape index (κ3) is 3.78. The van der Waals surface area contributed by atoms with E-state index in [1.54, 1.807) is 18.2 Å². The Morgan fingerprint density at radius 3 is 2.71 bits per heavy atom. The number of hydrogen-bond acceptors (Lipinski definition) is 4. The smallest absolute Gasteiger partial charge is 0.339 e. The molecule has 0 aliphatic rings. The molecule has 0 aliphatic carbocycles. The van der Waals surface area contributed by atoms with E-state index in [4.69, 9.17) is 5.11 Å². The maximum Gasteiger partial charge on any atom is 0.339 e. The van der Waals surface area contributed by atoms with E-state index >= 15 is 0 Å². The minimum absolute atomic E-state index is 0.0173. The first-order valence-electron chi connectivity index (χ1n) is 6.45. The molecular formula is C15H15FN2O2S. The van der Waals surface area contributed by atoms with E-state index in [9.17, 15) is 9.18 Å². The number of hydrogen-bond donors (Lipinski definition) is 1. The van der Waals surface area contributed by atoms with Crippen molar-refractivity contribution in [1.82, 2.24) is 9.97 Å². The van der Waals surface area contributed by atoms with E-state index in [1.807, 2.05) is 13.8 Å². The summed E-state index contributed by atoms with van der Waals surface area (Å²) in [7, 11) is 0. The first kappa shape index (κ1) is 15.4. The molecule has 2 aromatic rings. The number of thioether (sulfide) groups is 1. The van der Waals surface area contributed by atoms with Crippen LogP contribution >= 0.6 is 11.8 Å². The summed E-state index contributed by atoms with van der Waals surface area (Å²) in [6.07, 6.45) is 1.32. The Balaban J connectivity index is 2.20. The van der Waals surface area contributed by atoms with Crippen LogP contribution in [-0.2, 0) is 5.75 Å². The lowest BCUT2D eigenvalue weighted by Gasteiger charge is -2.10. The number of carbonyl (C=O) groups is 1. The molecule has 0 atom stereocenters. The number of carboxylic acids is 1. The summed E-state index contributed by atoms with van der Waals surface area (Å²) >= 11 is 1.29. The highest BCUT2D eigenvalue weighted by Gasteiger charge is 2.16. The van der Waals surface area contributed by atoms with Crippen molar-refractivity contribution in [2.75, 3.05) is 0 Å². The summed E-state index contributed by atoms with van der Waals surface area (Å²) in [6, 6.07) is 6.49. The number of rotatable bonds is 5. The highest BCUT2D eigenvalue weighted by Crippen LogP contribution is 2.25. The Morgan fingerprint density at radius 1 is 1.38 bits per heavy atom. The highest BCUT2D eigenvalue weighted by molar-refractivity contribution is 7.98. The van der Waals surface area contributed by atoms with Gasteiger partial charge in [0.05, 0.1) is 17.0 Å². The van der Waals surface area contributed by atoms with E-state index in [2.05, 4.69) is 9.97 Å². The van der Waals surface area contributed by atoms with E-state index < -0.39 is 5.97 Å². The fourth-order valence-electron chi connectivity index (χ4n) is 1.81. The zero-order valence-electron chi connectivity index (χ0n) is 11.7. The van der Waals surface area contributed by atoms with Crippen LogP contribution in [0.4, 0.5) is 4.39 Å². The molecule has 110 valence electrons. The van der Waals surface area contributed by atoms with Crippen molar-refractivity contribution in [2.24, 2.45) is 0 Å². The number of aromatic carboxylic acids is 1. The van der Waals surface area contributed by atoms with Crippen LogP contribution < -0.4 is 0 Å². The number of halogens is 1. The Bertz CT molecular complexity index is 662. The molecule has 1 aromatic heterocycles. The minimum atomic E-state index is -1.04. The van der Waals surface area contributed by atoms with Gasteiger partial charge in [0.1, 0.15) is 11.6 Å². The molecule has 2 rings (SSSR count). The molecule has 6 heteroatoms. The van der Waals surface area contributed by atoms with Gasteiger partial charge in [0, 0.05) is 11.1 Å². The quantitative estimate of drug-likeness (QED) is 0.853. The average molecular weight is 306 g/mol. The number of benzene rings is 1. The van der Waals surface area contributed by atoms with E-state index in [-0.39, 0.29) is 17.3 Å². The summed E-state index contributed by atoms with van der Waals surface area (Å²) in [6.45, 7) is 3.76. The van der Waals surface area contributed by atoms with Crippen molar-refractivity contribution in [1.29, 1.82) is 0 Å². The molecule has 0 bridgehead atoms. The van der Waals surface area contributed by atoms with E-state index in [0.717, 1.165) is 0 Å². The van der Waals surface area contributed by atoms with Gasteiger partial charge in [0.25, 0.3) is 0 Å². The van der Waals surface area contributed by atoms with Gasteiger partial charge in [-0.3, -0.25) is 0 Å². The molecule has 21 heavy (non-hydrogen) atoms. The maximum absolute atomic E-state index is 13.5. The summed E-state index contributed by atoms with van der Waals surface area (Å²) in [5.74, 6) is -0.449. The van der Waals surface area contributed by atoms with E-state index in [1.165, 1.54) is 24.0 Å². The molecule has 0 amide bonds. The van der Waals surface area contributed by atoms with Crippen LogP contribution in [0.1, 0.15) is 41.6 Å². The van der Waals surface area contributed by atoms with Crippen LogP contribution in [0.2, 0.25) is 0 Å². The zero-order chi connectivity index (χ0) is 15.4. The van der Waals surface area contributed by atoms with Crippen LogP contribution in [-0.4, -0.2) is 21.0 Å². The predicted octanol–water partition coefficient (Wildman–Crippen LogP) is 3.73. The van der Waals surface area contributed by atoms with Gasteiger partial charge in [-0.2, -0.15) is 0 Å². The lowest BCUT2D eigenvalue weighted by Crippen LogP contribution is -2.10. The molecule has 0 fully saturated rings. The van der Waals surface area contributed by atoms with Crippen molar-refractivity contribution in [3.63, 3.8) is 0 Å². The number of nitrogens with zero attached hydrogens (tertiary/aromatic N) is 2. The number of aromatic nitrogens is 2. The second kappa shape index (κ2) is 6.67. The van der Waals surface area contributed by atoms with Crippen LogP contribution in [0.3, 0.4) is 0 Å². The Kier molecular flexibility index (Phi) is 4.90. The summed E-state index contributed by atoms with van der Waals surface area (Å²) < 4.78 is 13.5. The lowest BCUT2D eigenvalue weighted by molar-refractivity contribution is 0.0694. The fraction of sp³-hybridized carbons (Fsp3) is 0.267. The van der Waals surface area contributed by atoms with Crippen molar-refractivity contribution in [2.45, 2.75) is 30.4 Å². The maximum atomic E-state index is 13.5. The molecular weight excluding hydrogens is 291 g/mol. The zero-order valence-corrected chi connectivity index (χ0v) is 12.5. The molecule has 1 aromatic carbocycles. The van der Waals surface area contributed by atoms with Crippen molar-refractivity contribution >= 4 is 17.7 Å². The average Bonchev–Trinajstić information content (AvgIpc) is 2.46. The van der Waals surface area contributed by atoms with Crippen LogP contribution in [0.15, 0.2) is 35.4 Å². The predicted molar refractivity (Wildman–Crippen MR) is 79.0 cm³/mol. The fourth-order valence-corrected chi connectivity index (χ4v) is 2.62. The normalized spacial score (nSPS) is 10.9. The van der Waals surface area contributed by atoms with Crippen LogP contribution in [0.5, 0.6) is 0 Å². The second-order valence-corrected chi connectivity index (χ2v) is 5.78. The first-order chi connectivity index (χ1) is 9.99. The Morgan fingerprint density at radius 2 is 2.10 bits per heavy atom. The topological polar surface area (TPSA) is 63.1 Å². The third-order valence-corrected chi connectivity index (χ3v) is 3.88. The van der Waals surface area contributed by atoms with Crippen molar-refractivity contribution < 1.29 is 14.3 Å². The Labute approximate surface area is 126 Å². The van der Waals surface area contributed by atoms with Crippen molar-refractivity contribution in [3.8, 4) is 0 Å². The highest BCUT2D eigenvalue weighted by atomic mass is 32.2. The van der Waals surface area contributed by atoms with Gasteiger partial charge < -0.3 is 5.11 Å². The SMILES string of the molecule is CC(C)c1nc(CSc2ccccc2F)ncc1C(=O)O. The van der Waals surface area contributed by atoms with Gasteiger partial charge in [-0.1, -0.05) is 26.0 Å². The van der Waals surface area contributed by atoms with Crippen molar-refractivity contribution in [3.05, 3.63) is 53.4 Å². The van der Waals surface area contributed by atoms with Gasteiger partial charge in [-0.25, -0.2) is 19.2 Å². The van der Waals surface area contributed by atoms with Gasteiger partial charge in [-0.05, 0) is 18.1 Å². The third-order valence-electron chi connectivity index (χ3n) is 2.84. The molecule has 0 unspecified atom stereocenters. The van der Waals surface area contributed by atoms with Gasteiger partial charge in [0.2, 0.25) is 0 Å². The summed E-state index contributed by atoms with van der Waals surface area (Å²) in [5, 5.41) is 9.11. The summed E-state index contributed by atoms with van der Waals surface area (Å²) in [4.78, 5) is 20.0. The molecule has 0 saturated heterocycles. The van der Waals surface area contributed by atoms with Gasteiger partial charge in [-0.15, -0.1) is 11.8 Å². The first-order valence-corrected chi connectivity index (χ1v) is 7.44. The molecule has 0 radical (unpaired) electrons. The molecule has 1 heterocycles.